The summed E-state index contributed by atoms with van der Waals surface area (Å²) in [4.78, 5) is 8.31. The fraction of sp³-hybridized carbons (Fsp3) is 0.560. The highest BCUT2D eigenvalue weighted by Crippen LogP contribution is 2.33. The van der Waals surface area contributed by atoms with Crippen molar-refractivity contribution in [2.45, 2.75) is 77.4 Å². The molecule has 1 aromatic carbocycles. The Bertz CT molecular complexity index is 1390. The number of nitrogens with zero attached hydrogens (tertiary/aromatic N) is 4. The molecule has 0 spiro atoms. The maximum Gasteiger partial charge on any atom is 0.243 e. The second-order valence-corrected chi connectivity index (χ2v) is 11.7. The average Bonchev–Trinajstić information content (AvgIpc) is 3.20. The smallest absolute Gasteiger partial charge is 0.243 e. The predicted molar refractivity (Wildman–Crippen MR) is 144 cm³/mol. The van der Waals surface area contributed by atoms with Gasteiger partial charge in [0, 0.05) is 31.7 Å². The standard InChI is InChI=1S/C25H36N6O3S2/c1-6-9-20-22-23(31(8-3)29-20)25(35)28-24(27-22)19-13-18(10-11-21(19)34-12-7-2)36(32,33)30-14-16(4)26-17(5)15-30/h10-11,13,16-17,26H,6-9,12,14-15H2,1-5H3,(H,27,28,35)/t16-,17+. The van der Waals surface area contributed by atoms with Crippen molar-refractivity contribution in [1.29, 1.82) is 0 Å². The fourth-order valence-electron chi connectivity index (χ4n) is 4.74. The summed E-state index contributed by atoms with van der Waals surface area (Å²) in [6.07, 6.45) is 2.56. The third-order valence-electron chi connectivity index (χ3n) is 6.30. The number of ether oxygens (including phenoxy) is 1. The molecule has 1 saturated heterocycles. The van der Waals surface area contributed by atoms with E-state index in [1.807, 2.05) is 32.4 Å². The van der Waals surface area contributed by atoms with Gasteiger partial charge in [-0.1, -0.05) is 32.5 Å². The first-order valence-electron chi connectivity index (χ1n) is 12.7. The molecule has 1 aliphatic rings. The zero-order chi connectivity index (χ0) is 26.0. The average molecular weight is 533 g/mol. The van der Waals surface area contributed by atoms with Gasteiger partial charge in [-0.2, -0.15) is 9.40 Å². The van der Waals surface area contributed by atoms with Crippen molar-refractivity contribution >= 4 is 33.3 Å². The van der Waals surface area contributed by atoms with Crippen LogP contribution in [0.2, 0.25) is 0 Å². The monoisotopic (exact) mass is 532 g/mol. The van der Waals surface area contributed by atoms with Crippen LogP contribution in [0.4, 0.5) is 0 Å². The Morgan fingerprint density at radius 3 is 2.50 bits per heavy atom. The molecule has 0 saturated carbocycles. The lowest BCUT2D eigenvalue weighted by Crippen LogP contribution is -2.55. The quantitative estimate of drug-likeness (QED) is 0.396. The molecule has 196 valence electrons. The number of nitrogens with one attached hydrogen (secondary N) is 2. The van der Waals surface area contributed by atoms with Crippen molar-refractivity contribution in [2.75, 3.05) is 19.7 Å². The summed E-state index contributed by atoms with van der Waals surface area (Å²) >= 11 is 5.69. The van der Waals surface area contributed by atoms with E-state index >= 15 is 0 Å². The predicted octanol–water partition coefficient (Wildman–Crippen LogP) is 4.29. The molecule has 0 bridgehead atoms. The Morgan fingerprint density at radius 1 is 1.14 bits per heavy atom. The van der Waals surface area contributed by atoms with Gasteiger partial charge in [0.25, 0.3) is 0 Å². The largest absolute Gasteiger partial charge is 0.493 e. The summed E-state index contributed by atoms with van der Waals surface area (Å²) in [5.41, 5.74) is 3.13. The third-order valence-corrected chi connectivity index (χ3v) is 8.41. The Kier molecular flexibility index (Phi) is 8.13. The van der Waals surface area contributed by atoms with Crippen LogP contribution >= 0.6 is 12.2 Å². The van der Waals surface area contributed by atoms with Gasteiger partial charge < -0.3 is 15.0 Å². The molecule has 1 fully saturated rings. The molecule has 0 radical (unpaired) electrons. The van der Waals surface area contributed by atoms with Gasteiger partial charge in [0.05, 0.1) is 28.3 Å². The molecule has 3 aromatic rings. The molecule has 2 N–H and O–H groups in total. The highest BCUT2D eigenvalue weighted by atomic mass is 32.2. The number of fused-ring (bicyclic) bond motifs is 1. The molecule has 4 rings (SSSR count). The molecule has 11 heteroatoms. The highest BCUT2D eigenvalue weighted by molar-refractivity contribution is 7.89. The highest BCUT2D eigenvalue weighted by Gasteiger charge is 2.32. The Morgan fingerprint density at radius 2 is 1.86 bits per heavy atom. The van der Waals surface area contributed by atoms with E-state index in [4.69, 9.17) is 22.1 Å². The van der Waals surface area contributed by atoms with E-state index in [1.165, 1.54) is 0 Å². The Balaban J connectivity index is 1.87. The molecular weight excluding hydrogens is 496 g/mol. The first-order valence-corrected chi connectivity index (χ1v) is 14.6. The molecule has 36 heavy (non-hydrogen) atoms. The van der Waals surface area contributed by atoms with E-state index in [2.05, 4.69) is 22.2 Å². The van der Waals surface area contributed by atoms with E-state index in [0.29, 0.717) is 48.0 Å². The van der Waals surface area contributed by atoms with Crippen LogP contribution in [0, 0.1) is 4.64 Å². The van der Waals surface area contributed by atoms with Crippen LogP contribution in [0.3, 0.4) is 0 Å². The first kappa shape index (κ1) is 26.7. The molecule has 0 aliphatic carbocycles. The maximum absolute atomic E-state index is 13.6. The van der Waals surface area contributed by atoms with E-state index in [9.17, 15) is 8.42 Å². The van der Waals surface area contributed by atoms with Crippen LogP contribution in [-0.2, 0) is 23.0 Å². The number of aromatic amines is 1. The number of aromatic nitrogens is 4. The molecule has 9 nitrogen and oxygen atoms in total. The van der Waals surface area contributed by atoms with Crippen molar-refractivity contribution in [1.82, 2.24) is 29.4 Å². The Labute approximate surface area is 218 Å². The molecule has 3 heterocycles. The summed E-state index contributed by atoms with van der Waals surface area (Å²) in [7, 11) is -3.71. The second kappa shape index (κ2) is 11.0. The lowest BCUT2D eigenvalue weighted by molar-refractivity contribution is 0.263. The van der Waals surface area contributed by atoms with Crippen LogP contribution in [0.5, 0.6) is 5.75 Å². The van der Waals surface area contributed by atoms with E-state index in [1.54, 1.807) is 22.5 Å². The van der Waals surface area contributed by atoms with Gasteiger partial charge in [0.1, 0.15) is 17.1 Å². The maximum atomic E-state index is 13.6. The summed E-state index contributed by atoms with van der Waals surface area (Å²) in [6.45, 7) is 12.2. The van der Waals surface area contributed by atoms with Crippen LogP contribution in [0.25, 0.3) is 22.4 Å². The number of hydrogen-bond acceptors (Lipinski definition) is 7. The summed E-state index contributed by atoms with van der Waals surface area (Å²) < 4.78 is 37.1. The zero-order valence-electron chi connectivity index (χ0n) is 21.7. The number of benzene rings is 1. The summed E-state index contributed by atoms with van der Waals surface area (Å²) in [5, 5.41) is 8.12. The number of rotatable bonds is 9. The molecule has 2 atom stereocenters. The van der Waals surface area contributed by atoms with Gasteiger partial charge in [-0.25, -0.2) is 13.4 Å². The van der Waals surface area contributed by atoms with Crippen molar-refractivity contribution < 1.29 is 13.2 Å². The van der Waals surface area contributed by atoms with Crippen LogP contribution in [-0.4, -0.2) is 64.3 Å². The molecule has 0 amide bonds. The minimum atomic E-state index is -3.71. The normalized spacial score (nSPS) is 19.1. The number of aryl methyl sites for hydroxylation is 2. The van der Waals surface area contributed by atoms with Gasteiger partial charge in [-0.05, 0) is 51.8 Å². The van der Waals surface area contributed by atoms with Gasteiger partial charge in [-0.3, -0.25) is 4.68 Å². The lowest BCUT2D eigenvalue weighted by atomic mass is 10.1. The van der Waals surface area contributed by atoms with Gasteiger partial charge >= 0.3 is 0 Å². The van der Waals surface area contributed by atoms with E-state index in [0.717, 1.165) is 36.0 Å². The van der Waals surface area contributed by atoms with Crippen molar-refractivity contribution in [3.05, 3.63) is 28.5 Å². The minimum absolute atomic E-state index is 0.0717. The van der Waals surface area contributed by atoms with Crippen LogP contribution in [0.1, 0.15) is 53.2 Å². The number of hydrogen-bond donors (Lipinski definition) is 2. The van der Waals surface area contributed by atoms with Gasteiger partial charge in [0.15, 0.2) is 4.64 Å². The number of H-pyrrole nitrogens is 1. The summed E-state index contributed by atoms with van der Waals surface area (Å²) in [6, 6.07) is 5.13. The van der Waals surface area contributed by atoms with Crippen molar-refractivity contribution in [2.24, 2.45) is 0 Å². The van der Waals surface area contributed by atoms with Crippen LogP contribution < -0.4 is 10.1 Å². The van der Waals surface area contributed by atoms with Gasteiger partial charge in [-0.15, -0.1) is 0 Å². The Hall–Kier alpha value is -2.34. The fourth-order valence-corrected chi connectivity index (χ4v) is 6.69. The topological polar surface area (TPSA) is 105 Å². The summed E-state index contributed by atoms with van der Waals surface area (Å²) in [5.74, 6) is 1.04. The molecule has 2 aromatic heterocycles. The molecule has 1 aliphatic heterocycles. The SMILES string of the molecule is CCCOc1ccc(S(=O)(=O)N2C[C@@H](C)N[C@@H](C)C2)cc1-c1nc(=S)c2c([nH]1)c(CCC)nn2CC. The molecular formula is C25H36N6O3S2. The first-order chi connectivity index (χ1) is 17.2. The van der Waals surface area contributed by atoms with E-state index in [-0.39, 0.29) is 17.0 Å². The van der Waals surface area contributed by atoms with Crippen LogP contribution in [0.15, 0.2) is 23.1 Å². The lowest BCUT2D eigenvalue weighted by Gasteiger charge is -2.35. The number of sulfonamides is 1. The third kappa shape index (κ3) is 5.20. The van der Waals surface area contributed by atoms with Crippen molar-refractivity contribution in [3.8, 4) is 17.1 Å². The molecule has 0 unspecified atom stereocenters. The number of piperazine rings is 1. The zero-order valence-corrected chi connectivity index (χ0v) is 23.3. The van der Waals surface area contributed by atoms with E-state index < -0.39 is 10.0 Å². The second-order valence-electron chi connectivity index (χ2n) is 9.42. The van der Waals surface area contributed by atoms with Crippen molar-refractivity contribution in [3.63, 3.8) is 0 Å². The minimum Gasteiger partial charge on any atom is -0.493 e. The van der Waals surface area contributed by atoms with Gasteiger partial charge in [0.2, 0.25) is 10.0 Å².